The maximum Gasteiger partial charge on any atom is 0.0915 e. The maximum absolute atomic E-state index is 4.43. The summed E-state index contributed by atoms with van der Waals surface area (Å²) < 4.78 is 8.53. The minimum atomic E-state index is 0.203. The van der Waals surface area contributed by atoms with E-state index in [0.717, 1.165) is 30.6 Å². The fraction of sp³-hybridized carbons (Fsp3) is 0.312. The summed E-state index contributed by atoms with van der Waals surface area (Å²) in [6, 6.07) is 10.6. The van der Waals surface area contributed by atoms with Crippen LogP contribution in [0.3, 0.4) is 0 Å². The Kier molecular flexibility index (Phi) is 4.52. The number of benzene rings is 1. The van der Waals surface area contributed by atoms with Crippen LogP contribution in [0.1, 0.15) is 30.6 Å². The van der Waals surface area contributed by atoms with E-state index in [2.05, 4.69) is 50.2 Å². The summed E-state index contributed by atoms with van der Waals surface area (Å²) in [5.74, 6) is 0. The molecule has 0 saturated heterocycles. The summed E-state index contributed by atoms with van der Waals surface area (Å²) in [4.78, 5) is 4.43. The number of nitrogens with zero attached hydrogens (tertiary/aromatic N) is 3. The third kappa shape index (κ3) is 3.25. The fourth-order valence-electron chi connectivity index (χ4n) is 2.48. The molecule has 21 heavy (non-hydrogen) atoms. The second-order valence-corrected chi connectivity index (χ2v) is 5.59. The van der Waals surface area contributed by atoms with Crippen molar-refractivity contribution in [3.05, 3.63) is 54.0 Å². The van der Waals surface area contributed by atoms with Gasteiger partial charge in [-0.05, 0) is 37.1 Å². The highest BCUT2D eigenvalue weighted by Crippen LogP contribution is 2.22. The van der Waals surface area contributed by atoms with Gasteiger partial charge in [-0.2, -0.15) is 8.75 Å². The monoisotopic (exact) mass is 298 g/mol. The SMILES string of the molecule is CCCNC(Cc1ccnc2ccccc12)c1cnsn1. The van der Waals surface area contributed by atoms with Crippen molar-refractivity contribution in [1.29, 1.82) is 0 Å². The van der Waals surface area contributed by atoms with Crippen molar-refractivity contribution in [2.75, 3.05) is 6.54 Å². The normalized spacial score (nSPS) is 12.6. The predicted octanol–water partition coefficient (Wildman–Crippen LogP) is 3.37. The van der Waals surface area contributed by atoms with E-state index in [0.29, 0.717) is 0 Å². The van der Waals surface area contributed by atoms with Crippen LogP contribution in [0.15, 0.2) is 42.7 Å². The third-order valence-electron chi connectivity index (χ3n) is 3.54. The largest absolute Gasteiger partial charge is 0.308 e. The molecule has 0 aliphatic rings. The van der Waals surface area contributed by atoms with E-state index in [1.165, 1.54) is 22.7 Å². The first-order valence-electron chi connectivity index (χ1n) is 7.22. The molecule has 108 valence electrons. The molecule has 0 bridgehead atoms. The molecule has 0 aliphatic carbocycles. The van der Waals surface area contributed by atoms with Gasteiger partial charge in [0.05, 0.1) is 35.2 Å². The van der Waals surface area contributed by atoms with E-state index in [1.54, 1.807) is 0 Å². The lowest BCUT2D eigenvalue weighted by atomic mass is 10.00. The van der Waals surface area contributed by atoms with E-state index in [-0.39, 0.29) is 6.04 Å². The number of pyridine rings is 1. The number of para-hydroxylation sites is 1. The Balaban J connectivity index is 1.90. The van der Waals surface area contributed by atoms with Gasteiger partial charge in [0.1, 0.15) is 0 Å². The molecule has 3 rings (SSSR count). The average molecular weight is 298 g/mol. The first-order chi connectivity index (χ1) is 10.4. The van der Waals surface area contributed by atoms with Crippen LogP contribution < -0.4 is 5.32 Å². The lowest BCUT2D eigenvalue weighted by Gasteiger charge is -2.17. The Labute approximate surface area is 128 Å². The lowest BCUT2D eigenvalue weighted by Crippen LogP contribution is -2.24. The second kappa shape index (κ2) is 6.74. The topological polar surface area (TPSA) is 50.7 Å². The Morgan fingerprint density at radius 3 is 2.95 bits per heavy atom. The zero-order valence-corrected chi connectivity index (χ0v) is 12.8. The third-order valence-corrected chi connectivity index (χ3v) is 4.03. The van der Waals surface area contributed by atoms with Crippen LogP contribution in [0.25, 0.3) is 10.9 Å². The Morgan fingerprint density at radius 2 is 2.14 bits per heavy atom. The molecule has 0 fully saturated rings. The highest BCUT2D eigenvalue weighted by molar-refractivity contribution is 6.99. The lowest BCUT2D eigenvalue weighted by molar-refractivity contribution is 0.522. The molecule has 0 aliphatic heterocycles. The standard InChI is InChI=1S/C16H18N4S/c1-2-8-17-15(16-11-19-21-20-16)10-12-7-9-18-14-6-4-3-5-13(12)14/h3-7,9,11,15,17H,2,8,10H2,1H3. The minimum Gasteiger partial charge on any atom is -0.308 e. The predicted molar refractivity (Wildman–Crippen MR) is 86.4 cm³/mol. The van der Waals surface area contributed by atoms with Gasteiger partial charge in [-0.3, -0.25) is 4.98 Å². The zero-order chi connectivity index (χ0) is 14.5. The maximum atomic E-state index is 4.43. The molecule has 1 aromatic carbocycles. The molecule has 2 heterocycles. The highest BCUT2D eigenvalue weighted by Gasteiger charge is 2.15. The van der Waals surface area contributed by atoms with Crippen molar-refractivity contribution < 1.29 is 0 Å². The van der Waals surface area contributed by atoms with Crippen LogP contribution in [-0.2, 0) is 6.42 Å². The molecular formula is C16H18N4S. The Morgan fingerprint density at radius 1 is 1.24 bits per heavy atom. The van der Waals surface area contributed by atoms with Crippen LogP contribution in [0.2, 0.25) is 0 Å². The van der Waals surface area contributed by atoms with Crippen LogP contribution >= 0.6 is 11.7 Å². The summed E-state index contributed by atoms with van der Waals surface area (Å²) in [7, 11) is 0. The van der Waals surface area contributed by atoms with Crippen LogP contribution in [-0.4, -0.2) is 20.3 Å². The molecule has 0 saturated carbocycles. The molecular weight excluding hydrogens is 280 g/mol. The minimum absolute atomic E-state index is 0.203. The summed E-state index contributed by atoms with van der Waals surface area (Å²) >= 11 is 1.26. The van der Waals surface area contributed by atoms with E-state index >= 15 is 0 Å². The summed E-state index contributed by atoms with van der Waals surface area (Å²) in [6.45, 7) is 3.15. The van der Waals surface area contributed by atoms with Gasteiger partial charge >= 0.3 is 0 Å². The molecule has 1 unspecified atom stereocenters. The van der Waals surface area contributed by atoms with Gasteiger partial charge in [0.25, 0.3) is 0 Å². The van der Waals surface area contributed by atoms with Gasteiger partial charge in [0, 0.05) is 11.6 Å². The summed E-state index contributed by atoms with van der Waals surface area (Å²) in [5, 5.41) is 4.78. The zero-order valence-electron chi connectivity index (χ0n) is 12.0. The van der Waals surface area contributed by atoms with Crippen LogP contribution in [0.4, 0.5) is 0 Å². The van der Waals surface area contributed by atoms with Crippen molar-refractivity contribution in [2.24, 2.45) is 0 Å². The van der Waals surface area contributed by atoms with E-state index in [4.69, 9.17) is 0 Å². The number of fused-ring (bicyclic) bond motifs is 1. The van der Waals surface area contributed by atoms with E-state index in [9.17, 15) is 0 Å². The first-order valence-corrected chi connectivity index (χ1v) is 7.95. The van der Waals surface area contributed by atoms with Crippen LogP contribution in [0.5, 0.6) is 0 Å². The summed E-state index contributed by atoms with van der Waals surface area (Å²) in [6.07, 6.45) is 5.74. The Hall–Kier alpha value is -1.85. The fourth-order valence-corrected chi connectivity index (χ4v) is 2.95. The smallest absolute Gasteiger partial charge is 0.0915 e. The van der Waals surface area contributed by atoms with Gasteiger partial charge in [-0.25, -0.2) is 0 Å². The van der Waals surface area contributed by atoms with Gasteiger partial charge in [-0.1, -0.05) is 25.1 Å². The van der Waals surface area contributed by atoms with Crippen molar-refractivity contribution in [3.63, 3.8) is 0 Å². The molecule has 0 radical (unpaired) electrons. The van der Waals surface area contributed by atoms with Crippen molar-refractivity contribution in [3.8, 4) is 0 Å². The number of hydrogen-bond donors (Lipinski definition) is 1. The number of aromatic nitrogens is 3. The molecule has 1 atom stereocenters. The van der Waals surface area contributed by atoms with E-state index in [1.807, 2.05) is 18.5 Å². The number of nitrogens with one attached hydrogen (secondary N) is 1. The van der Waals surface area contributed by atoms with Crippen LogP contribution in [0, 0.1) is 0 Å². The van der Waals surface area contributed by atoms with Gasteiger partial charge in [0.15, 0.2) is 0 Å². The molecule has 0 amide bonds. The van der Waals surface area contributed by atoms with Gasteiger partial charge in [0.2, 0.25) is 0 Å². The number of rotatable bonds is 6. The second-order valence-electron chi connectivity index (χ2n) is 5.03. The molecule has 1 N–H and O–H groups in total. The molecule has 0 spiro atoms. The average Bonchev–Trinajstić information content (AvgIpc) is 3.06. The molecule has 5 heteroatoms. The Bertz CT molecular complexity index is 691. The van der Waals surface area contributed by atoms with Crippen molar-refractivity contribution in [2.45, 2.75) is 25.8 Å². The first kappa shape index (κ1) is 14.1. The highest BCUT2D eigenvalue weighted by atomic mass is 32.1. The van der Waals surface area contributed by atoms with Gasteiger partial charge < -0.3 is 5.32 Å². The van der Waals surface area contributed by atoms with Gasteiger partial charge in [-0.15, -0.1) is 0 Å². The van der Waals surface area contributed by atoms with E-state index < -0.39 is 0 Å². The quantitative estimate of drug-likeness (QED) is 0.758. The summed E-state index contributed by atoms with van der Waals surface area (Å²) in [5.41, 5.74) is 3.36. The number of hydrogen-bond acceptors (Lipinski definition) is 5. The van der Waals surface area contributed by atoms with Crippen molar-refractivity contribution >= 4 is 22.6 Å². The molecule has 4 nitrogen and oxygen atoms in total. The van der Waals surface area contributed by atoms with Crippen molar-refractivity contribution in [1.82, 2.24) is 19.0 Å². The molecule has 3 aromatic rings. The molecule has 2 aromatic heterocycles.